The Morgan fingerprint density at radius 1 is 1.45 bits per heavy atom. The lowest BCUT2D eigenvalue weighted by Crippen LogP contribution is -2.34. The molecule has 0 bridgehead atoms. The van der Waals surface area contributed by atoms with Gasteiger partial charge < -0.3 is 15.0 Å². The van der Waals surface area contributed by atoms with Gasteiger partial charge in [-0.15, -0.1) is 5.10 Å². The summed E-state index contributed by atoms with van der Waals surface area (Å²) in [4.78, 5) is 25.9. The second-order valence-corrected chi connectivity index (χ2v) is 4.26. The van der Waals surface area contributed by atoms with Crippen LogP contribution in [0.1, 0.15) is 6.92 Å². The van der Waals surface area contributed by atoms with Crippen LogP contribution < -0.4 is 10.6 Å². The molecule has 1 aromatic heterocycles. The van der Waals surface area contributed by atoms with Gasteiger partial charge in [0, 0.05) is 13.1 Å². The number of rotatable bonds is 7. The second kappa shape index (κ2) is 8.10. The van der Waals surface area contributed by atoms with Crippen molar-refractivity contribution < 1.29 is 14.3 Å². The smallest absolute Gasteiger partial charge is 0.412 e. The fraction of sp³-hybridized carbons (Fsp3) is 0.636. The molecule has 1 aromatic rings. The molecule has 0 atom stereocenters. The Morgan fingerprint density at radius 3 is 2.85 bits per heavy atom. The molecule has 0 spiro atoms. The molecule has 2 N–H and O–H groups in total. The van der Waals surface area contributed by atoms with E-state index in [2.05, 4.69) is 20.8 Å². The van der Waals surface area contributed by atoms with Crippen molar-refractivity contribution in [2.24, 2.45) is 0 Å². The monoisotopic (exact) mass is 284 g/mol. The number of anilines is 1. The molecule has 1 rings (SSSR count). The Balaban J connectivity index is 2.36. The number of hydrogen-bond donors (Lipinski definition) is 2. The fourth-order valence-corrected chi connectivity index (χ4v) is 1.31. The first-order chi connectivity index (χ1) is 9.51. The summed E-state index contributed by atoms with van der Waals surface area (Å²) in [5.41, 5.74) is 0. The van der Waals surface area contributed by atoms with Gasteiger partial charge >= 0.3 is 6.09 Å². The Bertz CT molecular complexity index is 445. The molecule has 0 saturated carbocycles. The summed E-state index contributed by atoms with van der Waals surface area (Å²) >= 11 is 0. The highest BCUT2D eigenvalue weighted by molar-refractivity contribution is 5.83. The predicted octanol–water partition coefficient (Wildman–Crippen LogP) is -0.476. The Morgan fingerprint density at radius 2 is 2.20 bits per heavy atom. The minimum atomic E-state index is -0.602. The molecular formula is C11H20N6O3. The summed E-state index contributed by atoms with van der Waals surface area (Å²) < 4.78 is 4.70. The highest BCUT2D eigenvalue weighted by Crippen LogP contribution is 1.99. The van der Waals surface area contributed by atoms with Crippen molar-refractivity contribution in [2.75, 3.05) is 39.1 Å². The summed E-state index contributed by atoms with van der Waals surface area (Å²) in [5.74, 6) is 0.0506. The van der Waals surface area contributed by atoms with E-state index in [-0.39, 0.29) is 24.9 Å². The topological polar surface area (TPSA) is 101 Å². The van der Waals surface area contributed by atoms with Gasteiger partial charge in [0.1, 0.15) is 6.54 Å². The van der Waals surface area contributed by atoms with E-state index in [1.807, 2.05) is 19.0 Å². The predicted molar refractivity (Wildman–Crippen MR) is 72.2 cm³/mol. The van der Waals surface area contributed by atoms with Gasteiger partial charge in [0.15, 0.2) is 5.82 Å². The molecule has 0 unspecified atom stereocenters. The summed E-state index contributed by atoms with van der Waals surface area (Å²) in [7, 11) is 3.85. The average molecular weight is 284 g/mol. The summed E-state index contributed by atoms with van der Waals surface area (Å²) in [6, 6.07) is 0. The van der Waals surface area contributed by atoms with Gasteiger partial charge in [0.25, 0.3) is 0 Å². The molecule has 0 radical (unpaired) electrons. The lowest BCUT2D eigenvalue weighted by molar-refractivity contribution is -0.122. The lowest BCUT2D eigenvalue weighted by Gasteiger charge is -2.09. The van der Waals surface area contributed by atoms with E-state index >= 15 is 0 Å². The maximum atomic E-state index is 11.6. The average Bonchev–Trinajstić information content (AvgIpc) is 2.76. The first-order valence-corrected chi connectivity index (χ1v) is 6.26. The van der Waals surface area contributed by atoms with Crippen LogP contribution in [0.3, 0.4) is 0 Å². The van der Waals surface area contributed by atoms with E-state index in [0.29, 0.717) is 6.54 Å². The maximum absolute atomic E-state index is 11.6. The van der Waals surface area contributed by atoms with Crippen LogP contribution in [0.5, 0.6) is 0 Å². The number of hydrogen-bond acceptors (Lipinski definition) is 6. The quantitative estimate of drug-likeness (QED) is 0.701. The van der Waals surface area contributed by atoms with Gasteiger partial charge in [0.2, 0.25) is 5.91 Å². The van der Waals surface area contributed by atoms with Gasteiger partial charge in [-0.1, -0.05) is 0 Å². The van der Waals surface area contributed by atoms with Gasteiger partial charge in [-0.3, -0.25) is 10.1 Å². The number of amides is 2. The lowest BCUT2D eigenvalue weighted by atomic mass is 10.5. The molecule has 20 heavy (non-hydrogen) atoms. The standard InChI is InChI=1S/C11H20N6O3/c1-4-20-11(19)14-9-7-13-17(15-9)8-10(18)12-5-6-16(2)3/h7H,4-6,8H2,1-3H3,(H,12,18)(H,14,15,19). The molecule has 0 aromatic carbocycles. The zero-order chi connectivity index (χ0) is 15.0. The van der Waals surface area contributed by atoms with E-state index in [0.717, 1.165) is 6.54 Å². The Hall–Kier alpha value is -2.16. The van der Waals surface area contributed by atoms with Crippen molar-refractivity contribution in [3.63, 3.8) is 0 Å². The Kier molecular flexibility index (Phi) is 6.44. The van der Waals surface area contributed by atoms with E-state index in [1.165, 1.54) is 11.0 Å². The molecule has 0 fully saturated rings. The SMILES string of the molecule is CCOC(=O)Nc1cnn(CC(=O)NCCN(C)C)n1. The van der Waals surface area contributed by atoms with Crippen molar-refractivity contribution in [3.05, 3.63) is 6.20 Å². The minimum absolute atomic E-state index is 0.00205. The van der Waals surface area contributed by atoms with Gasteiger partial charge in [-0.2, -0.15) is 9.90 Å². The van der Waals surface area contributed by atoms with Gasteiger partial charge in [-0.25, -0.2) is 4.79 Å². The first kappa shape index (κ1) is 15.9. The number of carbonyl (C=O) groups excluding carboxylic acids is 2. The third kappa shape index (κ3) is 6.14. The molecule has 2 amide bonds. The highest BCUT2D eigenvalue weighted by atomic mass is 16.5. The summed E-state index contributed by atoms with van der Waals surface area (Å²) in [5, 5.41) is 13.0. The van der Waals surface area contributed by atoms with Crippen LogP contribution in [0.15, 0.2) is 6.20 Å². The third-order valence-electron chi connectivity index (χ3n) is 2.21. The zero-order valence-electron chi connectivity index (χ0n) is 11.9. The molecule has 1 heterocycles. The van der Waals surface area contributed by atoms with Crippen molar-refractivity contribution in [2.45, 2.75) is 13.5 Å². The molecule has 9 heteroatoms. The van der Waals surface area contributed by atoms with Gasteiger partial charge in [-0.05, 0) is 21.0 Å². The van der Waals surface area contributed by atoms with Crippen molar-refractivity contribution >= 4 is 17.8 Å². The zero-order valence-corrected chi connectivity index (χ0v) is 11.9. The number of ether oxygens (including phenoxy) is 1. The molecule has 0 aliphatic heterocycles. The van der Waals surface area contributed by atoms with Crippen molar-refractivity contribution in [1.29, 1.82) is 0 Å². The van der Waals surface area contributed by atoms with E-state index in [1.54, 1.807) is 6.92 Å². The Labute approximate surface area is 117 Å². The molecule has 0 aliphatic rings. The van der Waals surface area contributed by atoms with Crippen LogP contribution in [0.2, 0.25) is 0 Å². The van der Waals surface area contributed by atoms with Crippen LogP contribution in [0.25, 0.3) is 0 Å². The molecular weight excluding hydrogens is 264 g/mol. The normalized spacial score (nSPS) is 10.4. The largest absolute Gasteiger partial charge is 0.450 e. The van der Waals surface area contributed by atoms with Gasteiger partial charge in [0.05, 0.1) is 12.8 Å². The molecule has 0 saturated heterocycles. The third-order valence-corrected chi connectivity index (χ3v) is 2.21. The van der Waals surface area contributed by atoms with Crippen LogP contribution in [0, 0.1) is 0 Å². The van der Waals surface area contributed by atoms with Crippen molar-refractivity contribution in [3.8, 4) is 0 Å². The molecule has 0 aliphatic carbocycles. The summed E-state index contributed by atoms with van der Waals surface area (Å²) in [6.45, 7) is 3.29. The maximum Gasteiger partial charge on any atom is 0.412 e. The second-order valence-electron chi connectivity index (χ2n) is 4.26. The minimum Gasteiger partial charge on any atom is -0.450 e. The first-order valence-electron chi connectivity index (χ1n) is 6.26. The molecule has 112 valence electrons. The summed E-state index contributed by atoms with van der Waals surface area (Å²) in [6.07, 6.45) is 0.749. The molecule has 9 nitrogen and oxygen atoms in total. The van der Waals surface area contributed by atoms with Crippen molar-refractivity contribution in [1.82, 2.24) is 25.2 Å². The fourth-order valence-electron chi connectivity index (χ4n) is 1.31. The van der Waals surface area contributed by atoms with Crippen LogP contribution in [-0.2, 0) is 16.1 Å². The van der Waals surface area contributed by atoms with E-state index < -0.39 is 6.09 Å². The van der Waals surface area contributed by atoms with Crippen LogP contribution in [0.4, 0.5) is 10.6 Å². The highest BCUT2D eigenvalue weighted by Gasteiger charge is 2.08. The number of likely N-dealkylation sites (N-methyl/N-ethyl adjacent to an activating group) is 1. The number of nitrogens with one attached hydrogen (secondary N) is 2. The van der Waals surface area contributed by atoms with E-state index in [4.69, 9.17) is 4.74 Å². The van der Waals surface area contributed by atoms with Crippen LogP contribution in [-0.4, -0.2) is 65.7 Å². The number of carbonyl (C=O) groups is 2. The van der Waals surface area contributed by atoms with Crippen LogP contribution >= 0.6 is 0 Å². The number of aromatic nitrogens is 3. The number of nitrogens with zero attached hydrogens (tertiary/aromatic N) is 4. The van der Waals surface area contributed by atoms with E-state index in [9.17, 15) is 9.59 Å².